The Bertz CT molecular complexity index is 121. The van der Waals surface area contributed by atoms with Crippen molar-refractivity contribution < 1.29 is 0 Å². The normalized spacial score (nSPS) is 17.8. The van der Waals surface area contributed by atoms with Gasteiger partial charge in [-0.2, -0.15) is 11.8 Å². The zero-order chi connectivity index (χ0) is 10.1. The summed E-state index contributed by atoms with van der Waals surface area (Å²) >= 11 is 1.97. The van der Waals surface area contributed by atoms with Crippen molar-refractivity contribution in [1.29, 1.82) is 0 Å². The maximum absolute atomic E-state index is 3.67. The van der Waals surface area contributed by atoms with Crippen molar-refractivity contribution in [3.63, 3.8) is 0 Å². The van der Waals surface area contributed by atoms with E-state index in [0.29, 0.717) is 0 Å². The lowest BCUT2D eigenvalue weighted by Gasteiger charge is -2.10. The van der Waals surface area contributed by atoms with Crippen molar-refractivity contribution in [2.24, 2.45) is 0 Å². The molecule has 1 aliphatic carbocycles. The molecule has 2 heteroatoms. The topological polar surface area (TPSA) is 12.0 Å². The van der Waals surface area contributed by atoms with E-state index in [-0.39, 0.29) is 0 Å². The summed E-state index contributed by atoms with van der Waals surface area (Å²) in [6.45, 7) is 1.25. The minimum Gasteiger partial charge on any atom is -0.314 e. The SMILES string of the molecule is CSCCCCCCNC1CCCC1. The maximum Gasteiger partial charge on any atom is 0.00670 e. The minimum absolute atomic E-state index is 0.862. The molecule has 0 aliphatic heterocycles. The summed E-state index contributed by atoms with van der Waals surface area (Å²) in [6, 6.07) is 0.862. The van der Waals surface area contributed by atoms with E-state index in [0.717, 1.165) is 6.04 Å². The first kappa shape index (κ1) is 12.4. The fourth-order valence-electron chi connectivity index (χ4n) is 2.16. The number of rotatable bonds is 8. The Hall–Kier alpha value is 0.310. The molecule has 0 unspecified atom stereocenters. The predicted molar refractivity (Wildman–Crippen MR) is 67.1 cm³/mol. The second kappa shape index (κ2) is 8.60. The first-order valence-electron chi connectivity index (χ1n) is 6.16. The van der Waals surface area contributed by atoms with Crippen molar-refractivity contribution >= 4 is 11.8 Å². The Kier molecular flexibility index (Phi) is 7.61. The van der Waals surface area contributed by atoms with Crippen LogP contribution in [0.25, 0.3) is 0 Å². The van der Waals surface area contributed by atoms with Crippen molar-refractivity contribution in [2.75, 3.05) is 18.6 Å². The second-order valence-electron chi connectivity index (χ2n) is 4.34. The zero-order valence-corrected chi connectivity index (χ0v) is 10.4. The van der Waals surface area contributed by atoms with Gasteiger partial charge in [-0.15, -0.1) is 0 Å². The molecule has 1 nitrogen and oxygen atoms in total. The Morgan fingerprint density at radius 1 is 1.07 bits per heavy atom. The Labute approximate surface area is 93.4 Å². The molecule has 0 radical (unpaired) electrons. The molecule has 1 aliphatic rings. The third kappa shape index (κ3) is 5.92. The molecule has 0 aromatic carbocycles. The first-order valence-corrected chi connectivity index (χ1v) is 7.55. The number of unbranched alkanes of at least 4 members (excludes halogenated alkanes) is 3. The van der Waals surface area contributed by atoms with Gasteiger partial charge in [0.2, 0.25) is 0 Å². The van der Waals surface area contributed by atoms with Gasteiger partial charge in [-0.3, -0.25) is 0 Å². The molecular formula is C12H25NS. The monoisotopic (exact) mass is 215 g/mol. The standard InChI is InChI=1S/C12H25NS/c1-14-11-7-3-2-6-10-13-12-8-4-5-9-12/h12-13H,2-11H2,1H3. The molecule has 0 bridgehead atoms. The second-order valence-corrected chi connectivity index (χ2v) is 5.33. The van der Waals surface area contributed by atoms with Gasteiger partial charge in [-0.1, -0.05) is 25.7 Å². The third-order valence-corrected chi connectivity index (χ3v) is 3.76. The smallest absolute Gasteiger partial charge is 0.00670 e. The van der Waals surface area contributed by atoms with E-state index in [9.17, 15) is 0 Å². The Morgan fingerprint density at radius 2 is 1.79 bits per heavy atom. The van der Waals surface area contributed by atoms with Crippen LogP contribution in [0.2, 0.25) is 0 Å². The van der Waals surface area contributed by atoms with E-state index in [1.165, 1.54) is 63.7 Å². The van der Waals surface area contributed by atoms with E-state index < -0.39 is 0 Å². The molecule has 1 rings (SSSR count). The van der Waals surface area contributed by atoms with Crippen molar-refractivity contribution in [1.82, 2.24) is 5.32 Å². The molecule has 0 atom stereocenters. The van der Waals surface area contributed by atoms with Gasteiger partial charge in [0, 0.05) is 6.04 Å². The quantitative estimate of drug-likeness (QED) is 0.623. The Morgan fingerprint density at radius 3 is 2.50 bits per heavy atom. The van der Waals surface area contributed by atoms with Crippen molar-refractivity contribution in [3.8, 4) is 0 Å². The zero-order valence-electron chi connectivity index (χ0n) is 9.56. The molecule has 0 aromatic rings. The summed E-state index contributed by atoms with van der Waals surface area (Å²) in [7, 11) is 0. The number of hydrogen-bond donors (Lipinski definition) is 1. The molecule has 1 N–H and O–H groups in total. The van der Waals surface area contributed by atoms with Gasteiger partial charge >= 0.3 is 0 Å². The fraction of sp³-hybridized carbons (Fsp3) is 1.00. The average molecular weight is 215 g/mol. The number of nitrogens with one attached hydrogen (secondary N) is 1. The lowest BCUT2D eigenvalue weighted by Crippen LogP contribution is -2.26. The lowest BCUT2D eigenvalue weighted by molar-refractivity contribution is 0.502. The molecule has 0 saturated heterocycles. The van der Waals surface area contributed by atoms with E-state index in [1.807, 2.05) is 11.8 Å². The minimum atomic E-state index is 0.862. The van der Waals surface area contributed by atoms with Gasteiger partial charge in [0.1, 0.15) is 0 Å². The lowest BCUT2D eigenvalue weighted by atomic mass is 10.2. The summed E-state index contributed by atoms with van der Waals surface area (Å²) in [5.74, 6) is 1.34. The van der Waals surface area contributed by atoms with E-state index in [2.05, 4.69) is 11.6 Å². The molecular weight excluding hydrogens is 190 g/mol. The molecule has 1 saturated carbocycles. The van der Waals surface area contributed by atoms with Crippen LogP contribution in [0, 0.1) is 0 Å². The van der Waals surface area contributed by atoms with Crippen LogP contribution in [-0.4, -0.2) is 24.6 Å². The van der Waals surface area contributed by atoms with Gasteiger partial charge in [-0.05, 0) is 44.2 Å². The van der Waals surface area contributed by atoms with Gasteiger partial charge < -0.3 is 5.32 Å². The van der Waals surface area contributed by atoms with Gasteiger partial charge in [0.05, 0.1) is 0 Å². The fourth-order valence-corrected chi connectivity index (χ4v) is 2.65. The van der Waals surface area contributed by atoms with Crippen LogP contribution < -0.4 is 5.32 Å². The van der Waals surface area contributed by atoms with Crippen LogP contribution in [0.4, 0.5) is 0 Å². The van der Waals surface area contributed by atoms with Crippen LogP contribution >= 0.6 is 11.8 Å². The highest BCUT2D eigenvalue weighted by Gasteiger charge is 2.12. The number of hydrogen-bond acceptors (Lipinski definition) is 2. The highest BCUT2D eigenvalue weighted by molar-refractivity contribution is 7.98. The van der Waals surface area contributed by atoms with Crippen LogP contribution in [0.15, 0.2) is 0 Å². The maximum atomic E-state index is 3.67. The van der Waals surface area contributed by atoms with Crippen molar-refractivity contribution in [2.45, 2.75) is 57.4 Å². The van der Waals surface area contributed by atoms with Gasteiger partial charge in [-0.25, -0.2) is 0 Å². The van der Waals surface area contributed by atoms with Crippen LogP contribution in [0.3, 0.4) is 0 Å². The molecule has 0 aromatic heterocycles. The average Bonchev–Trinajstić information content (AvgIpc) is 2.69. The number of thioether (sulfide) groups is 1. The van der Waals surface area contributed by atoms with Crippen molar-refractivity contribution in [3.05, 3.63) is 0 Å². The van der Waals surface area contributed by atoms with E-state index >= 15 is 0 Å². The molecule has 1 fully saturated rings. The van der Waals surface area contributed by atoms with E-state index in [4.69, 9.17) is 0 Å². The molecule has 0 heterocycles. The molecule has 0 amide bonds. The molecule has 14 heavy (non-hydrogen) atoms. The summed E-state index contributed by atoms with van der Waals surface area (Å²) in [6.07, 6.45) is 13.6. The first-order chi connectivity index (χ1) is 6.93. The van der Waals surface area contributed by atoms with Crippen LogP contribution in [0.5, 0.6) is 0 Å². The van der Waals surface area contributed by atoms with Crippen LogP contribution in [0.1, 0.15) is 51.4 Å². The predicted octanol–water partition coefficient (Wildman–Crippen LogP) is 3.44. The Balaban J connectivity index is 1.75. The highest BCUT2D eigenvalue weighted by atomic mass is 32.2. The molecule has 0 spiro atoms. The summed E-state index contributed by atoms with van der Waals surface area (Å²) < 4.78 is 0. The van der Waals surface area contributed by atoms with Crippen LogP contribution in [-0.2, 0) is 0 Å². The third-order valence-electron chi connectivity index (χ3n) is 3.06. The van der Waals surface area contributed by atoms with Gasteiger partial charge in [0.25, 0.3) is 0 Å². The summed E-state index contributed by atoms with van der Waals surface area (Å²) in [5.41, 5.74) is 0. The van der Waals surface area contributed by atoms with E-state index in [1.54, 1.807) is 0 Å². The summed E-state index contributed by atoms with van der Waals surface area (Å²) in [4.78, 5) is 0. The van der Waals surface area contributed by atoms with Gasteiger partial charge in [0.15, 0.2) is 0 Å². The largest absolute Gasteiger partial charge is 0.314 e. The molecule has 84 valence electrons. The highest BCUT2D eigenvalue weighted by Crippen LogP contribution is 2.17. The summed E-state index contributed by atoms with van der Waals surface area (Å²) in [5, 5.41) is 3.67.